The topological polar surface area (TPSA) is 61.4 Å². The third kappa shape index (κ3) is 5.44. The number of rotatable bonds is 5. The second kappa shape index (κ2) is 9.84. The molecule has 5 nitrogen and oxygen atoms in total. The van der Waals surface area contributed by atoms with Gasteiger partial charge in [-0.1, -0.05) is 54.2 Å². The van der Waals surface area contributed by atoms with Gasteiger partial charge >= 0.3 is 6.03 Å². The van der Waals surface area contributed by atoms with Crippen molar-refractivity contribution in [3.63, 3.8) is 0 Å². The smallest absolute Gasteiger partial charge is 0.332 e. The van der Waals surface area contributed by atoms with Gasteiger partial charge in [-0.25, -0.2) is 13.5 Å². The molecule has 0 aliphatic rings. The van der Waals surface area contributed by atoms with E-state index in [9.17, 15) is 14.0 Å². The molecule has 0 aromatic heterocycles. The van der Waals surface area contributed by atoms with Crippen molar-refractivity contribution in [1.29, 1.82) is 0 Å². The highest BCUT2D eigenvalue weighted by Crippen LogP contribution is 2.23. The van der Waals surface area contributed by atoms with Gasteiger partial charge in [-0.3, -0.25) is 4.79 Å². The van der Waals surface area contributed by atoms with Crippen LogP contribution in [0.1, 0.15) is 15.9 Å². The van der Waals surface area contributed by atoms with Gasteiger partial charge in [-0.2, -0.15) is 0 Å². The Balaban J connectivity index is 1.59. The number of thiol groups is 1. The molecule has 3 aromatic rings. The van der Waals surface area contributed by atoms with Crippen molar-refractivity contribution < 1.29 is 14.0 Å². The molecule has 0 aliphatic carbocycles. The number of benzene rings is 3. The Morgan fingerprint density at radius 3 is 2.33 bits per heavy atom. The molecule has 30 heavy (non-hydrogen) atoms. The molecular formula is C21H16Cl2FN3O2S. The van der Waals surface area contributed by atoms with Crippen molar-refractivity contribution in [1.82, 2.24) is 5.32 Å². The molecular weight excluding hydrogens is 448 g/mol. The zero-order valence-electron chi connectivity index (χ0n) is 15.4. The number of nitrogens with zero attached hydrogens (tertiary/aromatic N) is 1. The van der Waals surface area contributed by atoms with E-state index in [2.05, 4.69) is 23.4 Å². The summed E-state index contributed by atoms with van der Waals surface area (Å²) in [5.41, 5.74) is 1.66. The Morgan fingerprint density at radius 2 is 1.67 bits per heavy atom. The maximum absolute atomic E-state index is 13.7. The highest BCUT2D eigenvalue weighted by molar-refractivity contribution is 7.82. The number of anilines is 2. The molecule has 0 aliphatic heterocycles. The van der Waals surface area contributed by atoms with Crippen molar-refractivity contribution in [3.05, 3.63) is 93.7 Å². The molecule has 9 heteroatoms. The largest absolute Gasteiger partial charge is 0.333 e. The zero-order chi connectivity index (χ0) is 21.7. The molecule has 0 fully saturated rings. The lowest BCUT2D eigenvalue weighted by atomic mass is 10.2. The van der Waals surface area contributed by atoms with Gasteiger partial charge < -0.3 is 10.6 Å². The average Bonchev–Trinajstić information content (AvgIpc) is 2.74. The minimum atomic E-state index is -0.605. The predicted octanol–water partition coefficient (Wildman–Crippen LogP) is 5.95. The van der Waals surface area contributed by atoms with E-state index in [0.717, 1.165) is 9.87 Å². The molecule has 3 rings (SSSR count). The van der Waals surface area contributed by atoms with Crippen LogP contribution in [-0.4, -0.2) is 11.9 Å². The van der Waals surface area contributed by atoms with Crippen molar-refractivity contribution >= 4 is 59.3 Å². The summed E-state index contributed by atoms with van der Waals surface area (Å²) in [6, 6.07) is 16.7. The lowest BCUT2D eigenvalue weighted by molar-refractivity contribution is 0.102. The fraction of sp³-hybridized carbons (Fsp3) is 0.0476. The molecule has 0 atom stereocenters. The van der Waals surface area contributed by atoms with Gasteiger partial charge in [0.25, 0.3) is 5.91 Å². The first-order valence-corrected chi connectivity index (χ1v) is 9.87. The van der Waals surface area contributed by atoms with E-state index < -0.39 is 17.8 Å². The molecule has 0 spiro atoms. The highest BCUT2D eigenvalue weighted by Gasteiger charge is 2.14. The molecule has 3 aromatic carbocycles. The summed E-state index contributed by atoms with van der Waals surface area (Å²) in [5.74, 6) is -1.17. The number of carbonyl (C=O) groups excluding carboxylic acids is 2. The Hall–Kier alpha value is -2.74. The number of urea groups is 1. The molecule has 154 valence electrons. The Labute approximate surface area is 188 Å². The van der Waals surface area contributed by atoms with E-state index in [1.54, 1.807) is 48.5 Å². The van der Waals surface area contributed by atoms with E-state index in [4.69, 9.17) is 23.2 Å². The lowest BCUT2D eigenvalue weighted by Crippen LogP contribution is -2.33. The van der Waals surface area contributed by atoms with E-state index in [1.807, 2.05) is 0 Å². The number of nitrogens with one attached hydrogen (secondary N) is 2. The fourth-order valence-electron chi connectivity index (χ4n) is 2.55. The first kappa shape index (κ1) is 22.0. The maximum Gasteiger partial charge on any atom is 0.332 e. The van der Waals surface area contributed by atoms with E-state index in [1.165, 1.54) is 18.2 Å². The predicted molar refractivity (Wildman–Crippen MR) is 121 cm³/mol. The van der Waals surface area contributed by atoms with Crippen molar-refractivity contribution in [2.75, 3.05) is 9.62 Å². The monoisotopic (exact) mass is 463 g/mol. The third-order valence-electron chi connectivity index (χ3n) is 4.11. The first-order valence-electron chi connectivity index (χ1n) is 8.72. The van der Waals surface area contributed by atoms with Crippen LogP contribution in [0.15, 0.2) is 66.7 Å². The van der Waals surface area contributed by atoms with Gasteiger partial charge in [0.05, 0.1) is 21.3 Å². The van der Waals surface area contributed by atoms with Crippen molar-refractivity contribution in [2.24, 2.45) is 0 Å². The van der Waals surface area contributed by atoms with Gasteiger partial charge in [-0.05, 0) is 54.1 Å². The third-order valence-corrected chi connectivity index (χ3v) is 5.26. The van der Waals surface area contributed by atoms with Crippen LogP contribution in [0.5, 0.6) is 0 Å². The SMILES string of the molecule is O=C(Nc1ccc(N(S)C(=O)NCc2ccc(Cl)c(Cl)c2)cc1)c1ccccc1F. The van der Waals surface area contributed by atoms with Crippen LogP contribution in [0.25, 0.3) is 0 Å². The summed E-state index contributed by atoms with van der Waals surface area (Å²) in [6.07, 6.45) is 0. The van der Waals surface area contributed by atoms with E-state index >= 15 is 0 Å². The molecule has 3 amide bonds. The number of carbonyl (C=O) groups is 2. The lowest BCUT2D eigenvalue weighted by Gasteiger charge is -2.17. The standard InChI is InChI=1S/C21H16Cl2FN3O2S/c22-17-10-5-13(11-18(17)23)12-25-21(29)27(30)15-8-6-14(7-9-15)26-20(28)16-3-1-2-4-19(16)24/h1-11,30H,12H2,(H,25,29)(H,26,28). The van der Waals surface area contributed by atoms with Crippen LogP contribution in [0.2, 0.25) is 10.0 Å². The summed E-state index contributed by atoms with van der Waals surface area (Å²) >= 11 is 16.1. The van der Waals surface area contributed by atoms with Crippen LogP contribution in [0.4, 0.5) is 20.6 Å². The summed E-state index contributed by atoms with van der Waals surface area (Å²) < 4.78 is 14.8. The minimum absolute atomic E-state index is 0.0564. The van der Waals surface area contributed by atoms with Crippen LogP contribution >= 0.6 is 36.0 Å². The first-order chi connectivity index (χ1) is 14.3. The molecule has 0 saturated heterocycles. The van der Waals surface area contributed by atoms with E-state index in [-0.39, 0.29) is 12.1 Å². The number of halogens is 3. The van der Waals surface area contributed by atoms with Gasteiger partial charge in [0, 0.05) is 12.2 Å². The quantitative estimate of drug-likeness (QED) is 0.409. The van der Waals surface area contributed by atoms with Crippen LogP contribution in [0.3, 0.4) is 0 Å². The van der Waals surface area contributed by atoms with Crippen LogP contribution in [0, 0.1) is 5.82 Å². The molecule has 0 radical (unpaired) electrons. The normalized spacial score (nSPS) is 10.4. The Bertz CT molecular complexity index is 1080. The summed E-state index contributed by atoms with van der Waals surface area (Å²) in [6.45, 7) is 0.240. The average molecular weight is 464 g/mol. The second-order valence-electron chi connectivity index (χ2n) is 6.20. The van der Waals surface area contributed by atoms with Crippen LogP contribution in [-0.2, 0) is 6.54 Å². The van der Waals surface area contributed by atoms with Gasteiger partial charge in [0.1, 0.15) is 5.82 Å². The number of hydrogen-bond donors (Lipinski definition) is 3. The molecule has 0 heterocycles. The maximum atomic E-state index is 13.7. The molecule has 2 N–H and O–H groups in total. The van der Waals surface area contributed by atoms with Gasteiger partial charge in [0.15, 0.2) is 0 Å². The van der Waals surface area contributed by atoms with Crippen molar-refractivity contribution in [3.8, 4) is 0 Å². The minimum Gasteiger partial charge on any atom is -0.333 e. The highest BCUT2D eigenvalue weighted by atomic mass is 35.5. The fourth-order valence-corrected chi connectivity index (χ4v) is 3.07. The zero-order valence-corrected chi connectivity index (χ0v) is 17.8. The van der Waals surface area contributed by atoms with Crippen molar-refractivity contribution in [2.45, 2.75) is 6.54 Å². The molecule has 0 bridgehead atoms. The molecule has 0 saturated carbocycles. The second-order valence-corrected chi connectivity index (χ2v) is 7.41. The van der Waals surface area contributed by atoms with Gasteiger partial charge in [-0.15, -0.1) is 0 Å². The van der Waals surface area contributed by atoms with E-state index in [0.29, 0.717) is 21.4 Å². The summed E-state index contributed by atoms with van der Waals surface area (Å²) in [4.78, 5) is 24.5. The Morgan fingerprint density at radius 1 is 0.967 bits per heavy atom. The summed E-state index contributed by atoms with van der Waals surface area (Å²) in [7, 11) is 0. The van der Waals surface area contributed by atoms with Crippen LogP contribution < -0.4 is 14.9 Å². The van der Waals surface area contributed by atoms with Gasteiger partial charge in [0.2, 0.25) is 0 Å². The molecule has 0 unspecified atom stereocenters. The number of hydrogen-bond acceptors (Lipinski definition) is 3. The number of amides is 3. The Kier molecular flexibility index (Phi) is 7.20. The summed E-state index contributed by atoms with van der Waals surface area (Å²) in [5, 5.41) is 6.16.